The third kappa shape index (κ3) is 3.28. The molecule has 0 bridgehead atoms. The number of esters is 1. The molecule has 0 aliphatic heterocycles. The average molecular weight is 296 g/mol. The zero-order valence-corrected chi connectivity index (χ0v) is 14.3. The zero-order valence-electron chi connectivity index (χ0n) is 14.3. The number of carbonyl (C=O) groups excluding carboxylic acids is 1. The fourth-order valence-electron chi connectivity index (χ4n) is 4.66. The van der Waals surface area contributed by atoms with Crippen LogP contribution < -0.4 is 0 Å². The van der Waals surface area contributed by atoms with Gasteiger partial charge in [-0.1, -0.05) is 20.3 Å². The number of hydrogen-bond acceptors (Lipinski definition) is 3. The van der Waals surface area contributed by atoms with Crippen LogP contribution in [0.25, 0.3) is 0 Å². The number of aliphatic hydroxyl groups is 1. The highest BCUT2D eigenvalue weighted by Gasteiger charge is 2.52. The van der Waals surface area contributed by atoms with E-state index in [1.807, 2.05) is 20.8 Å². The Hall–Kier alpha value is -0.570. The van der Waals surface area contributed by atoms with E-state index in [1.165, 1.54) is 6.42 Å². The standard InChI is InChI=1S/C18H32O3/c1-12(11-21-16(20)17(2,3)4)13-8-9-14-15(19)7-6-10-18(13,14)5/h12-15,19H,6-11H2,1-5H3/t12-,13+,14-,15-,18-/m0/s1. The minimum absolute atomic E-state index is 0.113. The first-order chi connectivity index (χ1) is 9.66. The van der Waals surface area contributed by atoms with Crippen LogP contribution in [0.3, 0.4) is 0 Å². The van der Waals surface area contributed by atoms with Gasteiger partial charge >= 0.3 is 5.97 Å². The molecule has 0 radical (unpaired) electrons. The molecular weight excluding hydrogens is 264 g/mol. The van der Waals surface area contributed by atoms with E-state index < -0.39 is 5.41 Å². The summed E-state index contributed by atoms with van der Waals surface area (Å²) in [6, 6.07) is 0. The fraction of sp³-hybridized carbons (Fsp3) is 0.944. The Bertz CT molecular complexity index is 384. The van der Waals surface area contributed by atoms with Crippen molar-refractivity contribution in [3.63, 3.8) is 0 Å². The topological polar surface area (TPSA) is 46.5 Å². The Morgan fingerprint density at radius 3 is 2.62 bits per heavy atom. The van der Waals surface area contributed by atoms with Gasteiger partial charge in [-0.15, -0.1) is 0 Å². The molecule has 1 N–H and O–H groups in total. The van der Waals surface area contributed by atoms with Crippen LogP contribution >= 0.6 is 0 Å². The molecule has 5 atom stereocenters. The van der Waals surface area contributed by atoms with Crippen LogP contribution in [0, 0.1) is 28.6 Å². The number of aliphatic hydroxyl groups excluding tert-OH is 1. The van der Waals surface area contributed by atoms with Crippen LogP contribution in [-0.4, -0.2) is 23.8 Å². The minimum Gasteiger partial charge on any atom is -0.465 e. The normalized spacial score (nSPS) is 37.9. The van der Waals surface area contributed by atoms with Crippen molar-refractivity contribution in [2.24, 2.45) is 28.6 Å². The van der Waals surface area contributed by atoms with Crippen LogP contribution in [0.1, 0.15) is 66.7 Å². The predicted molar refractivity (Wildman–Crippen MR) is 83.8 cm³/mol. The van der Waals surface area contributed by atoms with Crippen LogP contribution in [0.15, 0.2) is 0 Å². The Labute approximate surface area is 129 Å². The van der Waals surface area contributed by atoms with E-state index in [4.69, 9.17) is 4.74 Å². The fourth-order valence-corrected chi connectivity index (χ4v) is 4.66. The molecule has 0 unspecified atom stereocenters. The van der Waals surface area contributed by atoms with E-state index in [-0.39, 0.29) is 17.5 Å². The molecular formula is C18H32O3. The number of rotatable bonds is 3. The second-order valence-corrected chi connectivity index (χ2v) is 8.58. The summed E-state index contributed by atoms with van der Waals surface area (Å²) < 4.78 is 5.53. The van der Waals surface area contributed by atoms with Crippen molar-refractivity contribution in [1.29, 1.82) is 0 Å². The molecule has 2 aliphatic rings. The van der Waals surface area contributed by atoms with Crippen LogP contribution in [-0.2, 0) is 9.53 Å². The maximum absolute atomic E-state index is 11.9. The van der Waals surface area contributed by atoms with Gasteiger partial charge in [-0.2, -0.15) is 0 Å². The minimum atomic E-state index is -0.428. The summed E-state index contributed by atoms with van der Waals surface area (Å²) in [7, 11) is 0. The predicted octanol–water partition coefficient (Wildman–Crippen LogP) is 3.79. The summed E-state index contributed by atoms with van der Waals surface area (Å²) >= 11 is 0. The van der Waals surface area contributed by atoms with E-state index >= 15 is 0 Å². The first-order valence-electron chi connectivity index (χ1n) is 8.51. The lowest BCUT2D eigenvalue weighted by Crippen LogP contribution is -2.42. The van der Waals surface area contributed by atoms with E-state index in [0.717, 1.165) is 25.7 Å². The Balaban J connectivity index is 1.97. The van der Waals surface area contributed by atoms with Crippen LogP contribution in [0.5, 0.6) is 0 Å². The molecule has 0 aromatic carbocycles. The van der Waals surface area contributed by atoms with Crippen molar-refractivity contribution in [3.05, 3.63) is 0 Å². The van der Waals surface area contributed by atoms with E-state index in [1.54, 1.807) is 0 Å². The summed E-state index contributed by atoms with van der Waals surface area (Å²) in [5, 5.41) is 10.3. The van der Waals surface area contributed by atoms with Crippen molar-refractivity contribution in [1.82, 2.24) is 0 Å². The second kappa shape index (κ2) is 5.91. The van der Waals surface area contributed by atoms with Crippen molar-refractivity contribution >= 4 is 5.97 Å². The van der Waals surface area contributed by atoms with Gasteiger partial charge in [0.15, 0.2) is 0 Å². The molecule has 3 heteroatoms. The highest BCUT2D eigenvalue weighted by molar-refractivity contribution is 5.75. The number of carbonyl (C=O) groups is 1. The van der Waals surface area contributed by atoms with Gasteiger partial charge in [0.1, 0.15) is 0 Å². The maximum atomic E-state index is 11.9. The van der Waals surface area contributed by atoms with Crippen molar-refractivity contribution < 1.29 is 14.6 Å². The van der Waals surface area contributed by atoms with Crippen LogP contribution in [0.2, 0.25) is 0 Å². The molecule has 2 saturated carbocycles. The lowest BCUT2D eigenvalue weighted by Gasteiger charge is -2.45. The highest BCUT2D eigenvalue weighted by atomic mass is 16.5. The molecule has 3 nitrogen and oxygen atoms in total. The third-order valence-corrected chi connectivity index (χ3v) is 5.94. The Kier molecular flexibility index (Phi) is 4.72. The average Bonchev–Trinajstić information content (AvgIpc) is 2.73. The molecule has 0 heterocycles. The number of fused-ring (bicyclic) bond motifs is 1. The molecule has 2 aliphatic carbocycles. The SMILES string of the molecule is C[C@@H](COC(=O)C(C)(C)C)[C@H]1CC[C@H]2[C@@H](O)CCC[C@@]12C. The van der Waals surface area contributed by atoms with Gasteiger partial charge in [-0.05, 0) is 69.6 Å². The number of hydrogen-bond donors (Lipinski definition) is 1. The third-order valence-electron chi connectivity index (χ3n) is 5.94. The molecule has 122 valence electrons. The Morgan fingerprint density at radius 1 is 1.33 bits per heavy atom. The zero-order chi connectivity index (χ0) is 15.8. The summed E-state index contributed by atoms with van der Waals surface area (Å²) in [6.07, 6.45) is 5.45. The van der Waals surface area contributed by atoms with Crippen LogP contribution in [0.4, 0.5) is 0 Å². The Morgan fingerprint density at radius 2 is 2.00 bits per heavy atom. The first-order valence-corrected chi connectivity index (χ1v) is 8.51. The highest BCUT2D eigenvalue weighted by Crippen LogP contribution is 2.57. The first kappa shape index (κ1) is 16.8. The molecule has 21 heavy (non-hydrogen) atoms. The molecule has 0 spiro atoms. The smallest absolute Gasteiger partial charge is 0.311 e. The largest absolute Gasteiger partial charge is 0.465 e. The van der Waals surface area contributed by atoms with Gasteiger partial charge in [-0.3, -0.25) is 4.79 Å². The molecule has 0 aromatic heterocycles. The van der Waals surface area contributed by atoms with Gasteiger partial charge in [0.2, 0.25) is 0 Å². The molecule has 0 aromatic rings. The van der Waals surface area contributed by atoms with Gasteiger partial charge in [0.25, 0.3) is 0 Å². The van der Waals surface area contributed by atoms with Crippen molar-refractivity contribution in [3.8, 4) is 0 Å². The van der Waals surface area contributed by atoms with Gasteiger partial charge in [-0.25, -0.2) is 0 Å². The van der Waals surface area contributed by atoms with Crippen molar-refractivity contribution in [2.75, 3.05) is 6.61 Å². The summed E-state index contributed by atoms with van der Waals surface area (Å²) in [5.74, 6) is 1.26. The molecule has 2 fully saturated rings. The lowest BCUT2D eigenvalue weighted by atomic mass is 9.62. The quantitative estimate of drug-likeness (QED) is 0.806. The maximum Gasteiger partial charge on any atom is 0.311 e. The van der Waals surface area contributed by atoms with E-state index in [9.17, 15) is 9.90 Å². The summed E-state index contributed by atoms with van der Waals surface area (Å²) in [4.78, 5) is 11.9. The summed E-state index contributed by atoms with van der Waals surface area (Å²) in [5.41, 5.74) is -0.200. The summed E-state index contributed by atoms with van der Waals surface area (Å²) in [6.45, 7) is 10.7. The van der Waals surface area contributed by atoms with Gasteiger partial charge in [0.05, 0.1) is 18.1 Å². The lowest BCUT2D eigenvalue weighted by molar-refractivity contribution is -0.155. The second-order valence-electron chi connectivity index (χ2n) is 8.58. The van der Waals surface area contributed by atoms with Gasteiger partial charge < -0.3 is 9.84 Å². The number of ether oxygens (including phenoxy) is 1. The monoisotopic (exact) mass is 296 g/mol. The van der Waals surface area contributed by atoms with Crippen molar-refractivity contribution in [2.45, 2.75) is 72.8 Å². The van der Waals surface area contributed by atoms with E-state index in [2.05, 4.69) is 13.8 Å². The van der Waals surface area contributed by atoms with E-state index in [0.29, 0.717) is 24.4 Å². The molecule has 2 rings (SSSR count). The molecule has 0 amide bonds. The van der Waals surface area contributed by atoms with Gasteiger partial charge in [0, 0.05) is 0 Å². The molecule has 0 saturated heterocycles.